The smallest absolute Gasteiger partial charge is 0.238 e. The SMILES string of the molecule is Cl.N[C@@H]1CN(CC(=O)Nc2ccc3c(c2)OCCO3)C[C@H]1c1ccccc1. The van der Waals surface area contributed by atoms with E-state index in [0.717, 1.165) is 6.54 Å². The van der Waals surface area contributed by atoms with Gasteiger partial charge in [-0.15, -0.1) is 12.4 Å². The number of nitrogens with one attached hydrogen (secondary N) is 1. The van der Waals surface area contributed by atoms with E-state index in [1.54, 1.807) is 6.07 Å². The number of nitrogens with zero attached hydrogens (tertiary/aromatic N) is 1. The first-order valence-electron chi connectivity index (χ1n) is 8.91. The molecule has 2 aromatic rings. The zero-order chi connectivity index (χ0) is 17.9. The molecule has 0 spiro atoms. The Morgan fingerprint density at radius 1 is 1.07 bits per heavy atom. The predicted molar refractivity (Wildman–Crippen MR) is 107 cm³/mol. The van der Waals surface area contributed by atoms with E-state index in [2.05, 4.69) is 22.3 Å². The third-order valence-corrected chi connectivity index (χ3v) is 4.86. The Hall–Kier alpha value is -2.28. The number of ether oxygens (including phenoxy) is 2. The van der Waals surface area contributed by atoms with Gasteiger partial charge in [-0.05, 0) is 17.7 Å². The number of rotatable bonds is 4. The number of benzene rings is 2. The van der Waals surface area contributed by atoms with Crippen LogP contribution in [0.2, 0.25) is 0 Å². The molecule has 0 bridgehead atoms. The number of likely N-dealkylation sites (tertiary alicyclic amines) is 1. The molecule has 0 radical (unpaired) electrons. The van der Waals surface area contributed by atoms with Crippen LogP contribution in [0.25, 0.3) is 0 Å². The molecule has 1 amide bonds. The van der Waals surface area contributed by atoms with Gasteiger partial charge in [0.05, 0.1) is 6.54 Å². The molecule has 27 heavy (non-hydrogen) atoms. The molecule has 2 aliphatic rings. The maximum atomic E-state index is 12.4. The Labute approximate surface area is 165 Å². The van der Waals surface area contributed by atoms with E-state index in [4.69, 9.17) is 15.2 Å². The summed E-state index contributed by atoms with van der Waals surface area (Å²) in [5.41, 5.74) is 8.24. The molecule has 144 valence electrons. The van der Waals surface area contributed by atoms with Crippen LogP contribution in [0, 0.1) is 0 Å². The molecule has 0 saturated carbocycles. The average Bonchev–Trinajstić information content (AvgIpc) is 3.02. The van der Waals surface area contributed by atoms with Crippen molar-refractivity contribution in [2.45, 2.75) is 12.0 Å². The van der Waals surface area contributed by atoms with Crippen molar-refractivity contribution in [1.82, 2.24) is 4.90 Å². The number of hydrogen-bond acceptors (Lipinski definition) is 5. The quantitative estimate of drug-likeness (QED) is 0.838. The van der Waals surface area contributed by atoms with Gasteiger partial charge in [0.2, 0.25) is 5.91 Å². The molecule has 4 rings (SSSR count). The third kappa shape index (κ3) is 4.53. The van der Waals surface area contributed by atoms with Gasteiger partial charge in [0, 0.05) is 36.8 Å². The molecule has 6 nitrogen and oxygen atoms in total. The van der Waals surface area contributed by atoms with Crippen molar-refractivity contribution in [3.05, 3.63) is 54.1 Å². The Bertz CT molecular complexity index is 787. The predicted octanol–water partition coefficient (Wildman–Crippen LogP) is 2.24. The van der Waals surface area contributed by atoms with E-state index in [0.29, 0.717) is 43.5 Å². The first-order valence-corrected chi connectivity index (χ1v) is 8.91. The molecule has 0 unspecified atom stereocenters. The van der Waals surface area contributed by atoms with Gasteiger partial charge in [-0.3, -0.25) is 9.69 Å². The Morgan fingerprint density at radius 3 is 2.59 bits per heavy atom. The number of carbonyl (C=O) groups excluding carboxylic acids is 1. The molecule has 2 atom stereocenters. The number of fused-ring (bicyclic) bond motifs is 1. The zero-order valence-corrected chi connectivity index (χ0v) is 15.8. The van der Waals surface area contributed by atoms with Gasteiger partial charge in [-0.1, -0.05) is 30.3 Å². The molecule has 0 aliphatic carbocycles. The van der Waals surface area contributed by atoms with E-state index < -0.39 is 0 Å². The molecular formula is C20H24ClN3O3. The topological polar surface area (TPSA) is 76.8 Å². The van der Waals surface area contributed by atoms with Crippen LogP contribution in [0.3, 0.4) is 0 Å². The van der Waals surface area contributed by atoms with E-state index in [1.165, 1.54) is 5.56 Å². The second-order valence-electron chi connectivity index (χ2n) is 6.78. The summed E-state index contributed by atoms with van der Waals surface area (Å²) < 4.78 is 11.0. The second-order valence-corrected chi connectivity index (χ2v) is 6.78. The highest BCUT2D eigenvalue weighted by molar-refractivity contribution is 5.92. The molecule has 2 aliphatic heterocycles. The van der Waals surface area contributed by atoms with Crippen molar-refractivity contribution in [2.75, 3.05) is 38.2 Å². The highest BCUT2D eigenvalue weighted by Gasteiger charge is 2.32. The van der Waals surface area contributed by atoms with Crippen LogP contribution in [-0.4, -0.2) is 49.7 Å². The lowest BCUT2D eigenvalue weighted by Gasteiger charge is -2.19. The van der Waals surface area contributed by atoms with Gasteiger partial charge in [0.25, 0.3) is 0 Å². The molecule has 1 saturated heterocycles. The van der Waals surface area contributed by atoms with Crippen molar-refractivity contribution >= 4 is 24.0 Å². The van der Waals surface area contributed by atoms with Gasteiger partial charge >= 0.3 is 0 Å². The number of halogens is 1. The van der Waals surface area contributed by atoms with Gasteiger partial charge in [-0.25, -0.2) is 0 Å². The molecule has 7 heteroatoms. The zero-order valence-electron chi connectivity index (χ0n) is 15.0. The van der Waals surface area contributed by atoms with Gasteiger partial charge in [0.1, 0.15) is 13.2 Å². The van der Waals surface area contributed by atoms with E-state index in [-0.39, 0.29) is 30.3 Å². The fourth-order valence-electron chi connectivity index (χ4n) is 3.62. The second kappa shape index (κ2) is 8.61. The van der Waals surface area contributed by atoms with Gasteiger partial charge < -0.3 is 20.5 Å². The minimum absolute atomic E-state index is 0. The van der Waals surface area contributed by atoms with Crippen LogP contribution in [0.1, 0.15) is 11.5 Å². The van der Waals surface area contributed by atoms with E-state index >= 15 is 0 Å². The summed E-state index contributed by atoms with van der Waals surface area (Å²) in [4.78, 5) is 14.5. The normalized spacial score (nSPS) is 21.4. The largest absolute Gasteiger partial charge is 0.486 e. The van der Waals surface area contributed by atoms with Gasteiger partial charge in [0.15, 0.2) is 11.5 Å². The van der Waals surface area contributed by atoms with Crippen LogP contribution in [0.15, 0.2) is 48.5 Å². The van der Waals surface area contributed by atoms with Crippen molar-refractivity contribution in [1.29, 1.82) is 0 Å². The summed E-state index contributed by atoms with van der Waals surface area (Å²) >= 11 is 0. The van der Waals surface area contributed by atoms with Crippen molar-refractivity contribution in [3.8, 4) is 11.5 Å². The monoisotopic (exact) mass is 389 g/mol. The lowest BCUT2D eigenvalue weighted by Crippen LogP contribution is -2.33. The first kappa shape index (κ1) is 19.5. The highest BCUT2D eigenvalue weighted by atomic mass is 35.5. The van der Waals surface area contributed by atoms with E-state index in [1.807, 2.05) is 30.3 Å². The van der Waals surface area contributed by atoms with Crippen molar-refractivity contribution < 1.29 is 14.3 Å². The first-order chi connectivity index (χ1) is 12.7. The minimum Gasteiger partial charge on any atom is -0.486 e. The number of nitrogens with two attached hydrogens (primary N) is 1. The number of amides is 1. The maximum Gasteiger partial charge on any atom is 0.238 e. The molecular weight excluding hydrogens is 366 g/mol. The maximum absolute atomic E-state index is 12.4. The summed E-state index contributed by atoms with van der Waals surface area (Å²) in [5.74, 6) is 1.59. The molecule has 3 N–H and O–H groups in total. The van der Waals surface area contributed by atoms with Crippen LogP contribution >= 0.6 is 12.4 Å². The standard InChI is InChI=1S/C20H23N3O3.ClH/c21-17-12-23(11-16(17)14-4-2-1-3-5-14)13-20(24)22-15-6-7-18-19(10-15)26-9-8-25-18;/h1-7,10,16-17H,8-9,11-13,21H2,(H,22,24);1H/t16-,17+;/m0./s1. The fourth-order valence-corrected chi connectivity index (χ4v) is 3.62. The number of hydrogen-bond donors (Lipinski definition) is 2. The lowest BCUT2D eigenvalue weighted by molar-refractivity contribution is -0.117. The van der Waals surface area contributed by atoms with Crippen LogP contribution in [0.4, 0.5) is 5.69 Å². The van der Waals surface area contributed by atoms with Crippen LogP contribution in [0.5, 0.6) is 11.5 Å². The summed E-state index contributed by atoms with van der Waals surface area (Å²) in [6, 6.07) is 15.7. The number of carbonyl (C=O) groups is 1. The van der Waals surface area contributed by atoms with Crippen molar-refractivity contribution in [3.63, 3.8) is 0 Å². The fraction of sp³-hybridized carbons (Fsp3) is 0.350. The van der Waals surface area contributed by atoms with Crippen LogP contribution < -0.4 is 20.5 Å². The van der Waals surface area contributed by atoms with Crippen molar-refractivity contribution in [2.24, 2.45) is 5.73 Å². The summed E-state index contributed by atoms with van der Waals surface area (Å²) in [6.45, 7) is 2.91. The lowest BCUT2D eigenvalue weighted by atomic mass is 9.95. The summed E-state index contributed by atoms with van der Waals surface area (Å²) in [5, 5.41) is 2.93. The molecule has 0 aromatic heterocycles. The van der Waals surface area contributed by atoms with Gasteiger partial charge in [-0.2, -0.15) is 0 Å². The Kier molecular flexibility index (Phi) is 6.21. The Morgan fingerprint density at radius 2 is 1.81 bits per heavy atom. The summed E-state index contributed by atoms with van der Waals surface area (Å²) in [7, 11) is 0. The minimum atomic E-state index is -0.0532. The molecule has 2 aromatic carbocycles. The molecule has 1 fully saturated rings. The summed E-state index contributed by atoms with van der Waals surface area (Å²) in [6.07, 6.45) is 0. The average molecular weight is 390 g/mol. The van der Waals surface area contributed by atoms with Crippen LogP contribution in [-0.2, 0) is 4.79 Å². The number of anilines is 1. The highest BCUT2D eigenvalue weighted by Crippen LogP contribution is 2.32. The molecule has 2 heterocycles. The Balaban J connectivity index is 0.00000210. The third-order valence-electron chi connectivity index (χ3n) is 4.86. The van der Waals surface area contributed by atoms with E-state index in [9.17, 15) is 4.79 Å².